The zero-order chi connectivity index (χ0) is 14.1. The van der Waals surface area contributed by atoms with Gasteiger partial charge in [-0.25, -0.2) is 0 Å². The van der Waals surface area contributed by atoms with Gasteiger partial charge in [-0.1, -0.05) is 18.6 Å². The predicted molar refractivity (Wildman–Crippen MR) is 81.7 cm³/mol. The number of phenolic OH excluding ortho intramolecular Hbond substituents is 1. The Bertz CT molecular complexity index is 445. The number of phenols is 1. The van der Waals surface area contributed by atoms with Crippen molar-refractivity contribution in [1.82, 2.24) is 4.90 Å². The molecule has 1 aromatic rings. The summed E-state index contributed by atoms with van der Waals surface area (Å²) in [7, 11) is 0. The van der Waals surface area contributed by atoms with Crippen LogP contribution in [-0.2, 0) is 6.42 Å². The fourth-order valence-corrected chi connectivity index (χ4v) is 4.01. The number of aromatic hydroxyl groups is 1. The van der Waals surface area contributed by atoms with E-state index in [4.69, 9.17) is 5.73 Å². The summed E-state index contributed by atoms with van der Waals surface area (Å²) < 4.78 is 0. The monoisotopic (exact) mass is 274 g/mol. The van der Waals surface area contributed by atoms with E-state index in [9.17, 15) is 5.11 Å². The highest BCUT2D eigenvalue weighted by atomic mass is 16.3. The molecule has 4 unspecified atom stereocenters. The maximum atomic E-state index is 9.35. The highest BCUT2D eigenvalue weighted by Gasteiger charge is 2.39. The molecule has 0 radical (unpaired) electrons. The van der Waals surface area contributed by atoms with Crippen molar-refractivity contribution in [3.8, 4) is 5.75 Å². The molecule has 3 rings (SSSR count). The molecule has 1 heterocycles. The van der Waals surface area contributed by atoms with Crippen molar-refractivity contribution in [2.45, 2.75) is 44.7 Å². The Hall–Kier alpha value is -1.06. The van der Waals surface area contributed by atoms with E-state index in [1.54, 1.807) is 12.1 Å². The lowest BCUT2D eigenvalue weighted by Crippen LogP contribution is -2.39. The number of benzene rings is 1. The normalized spacial score (nSPS) is 32.0. The van der Waals surface area contributed by atoms with Gasteiger partial charge < -0.3 is 10.8 Å². The van der Waals surface area contributed by atoms with Gasteiger partial charge in [-0.05, 0) is 55.7 Å². The molecule has 1 aromatic carbocycles. The number of rotatable bonds is 3. The molecule has 4 atom stereocenters. The molecule has 0 spiro atoms. The standard InChI is InChI=1S/C17H26N2O/c1-12(9-13-5-7-15(20)8-6-13)19-10-14-3-2-4-17(18)16(14)11-19/h5-8,12,14,16-17,20H,2-4,9-11,18H2,1H3. The number of likely N-dealkylation sites (tertiary alicyclic amines) is 1. The summed E-state index contributed by atoms with van der Waals surface area (Å²) in [6, 6.07) is 8.59. The Balaban J connectivity index is 1.60. The topological polar surface area (TPSA) is 49.5 Å². The van der Waals surface area contributed by atoms with Gasteiger partial charge in [-0.15, -0.1) is 0 Å². The molecule has 20 heavy (non-hydrogen) atoms. The minimum absolute atomic E-state index is 0.347. The highest BCUT2D eigenvalue weighted by Crippen LogP contribution is 2.36. The van der Waals surface area contributed by atoms with Crippen LogP contribution in [0.1, 0.15) is 31.7 Å². The van der Waals surface area contributed by atoms with Gasteiger partial charge in [-0.2, -0.15) is 0 Å². The van der Waals surface area contributed by atoms with E-state index in [0.717, 1.165) is 12.3 Å². The highest BCUT2D eigenvalue weighted by molar-refractivity contribution is 5.26. The molecule has 2 fully saturated rings. The second-order valence-corrected chi connectivity index (χ2v) is 6.69. The van der Waals surface area contributed by atoms with Crippen molar-refractivity contribution >= 4 is 0 Å². The minimum Gasteiger partial charge on any atom is -0.508 e. The van der Waals surface area contributed by atoms with E-state index in [1.165, 1.54) is 37.9 Å². The summed E-state index contributed by atoms with van der Waals surface area (Å²) in [4.78, 5) is 2.62. The fraction of sp³-hybridized carbons (Fsp3) is 0.647. The Kier molecular flexibility index (Phi) is 3.99. The summed E-state index contributed by atoms with van der Waals surface area (Å²) in [5.74, 6) is 1.88. The molecule has 1 saturated heterocycles. The van der Waals surface area contributed by atoms with E-state index in [0.29, 0.717) is 23.8 Å². The smallest absolute Gasteiger partial charge is 0.115 e. The van der Waals surface area contributed by atoms with E-state index in [-0.39, 0.29) is 0 Å². The summed E-state index contributed by atoms with van der Waals surface area (Å²) in [6.07, 6.45) is 4.93. The van der Waals surface area contributed by atoms with Crippen LogP contribution in [0, 0.1) is 11.8 Å². The van der Waals surface area contributed by atoms with Gasteiger partial charge in [0.2, 0.25) is 0 Å². The van der Waals surface area contributed by atoms with Crippen LogP contribution in [0.5, 0.6) is 5.75 Å². The van der Waals surface area contributed by atoms with Crippen LogP contribution in [0.25, 0.3) is 0 Å². The number of nitrogens with zero attached hydrogens (tertiary/aromatic N) is 1. The second kappa shape index (κ2) is 5.74. The molecule has 0 aromatic heterocycles. The first-order chi connectivity index (χ1) is 9.63. The maximum Gasteiger partial charge on any atom is 0.115 e. The van der Waals surface area contributed by atoms with Gasteiger partial charge in [0.05, 0.1) is 0 Å². The Labute approximate surface area is 121 Å². The fourth-order valence-electron chi connectivity index (χ4n) is 4.01. The van der Waals surface area contributed by atoms with Crippen LogP contribution >= 0.6 is 0 Å². The van der Waals surface area contributed by atoms with Gasteiger partial charge >= 0.3 is 0 Å². The molecule has 0 amide bonds. The maximum absolute atomic E-state index is 9.35. The zero-order valence-electron chi connectivity index (χ0n) is 12.3. The number of nitrogens with two attached hydrogens (primary N) is 1. The molecule has 1 aliphatic carbocycles. The van der Waals surface area contributed by atoms with Crippen molar-refractivity contribution < 1.29 is 5.11 Å². The summed E-state index contributed by atoms with van der Waals surface area (Å²) in [5.41, 5.74) is 7.60. The van der Waals surface area contributed by atoms with Crippen molar-refractivity contribution in [2.24, 2.45) is 17.6 Å². The SMILES string of the molecule is CC(Cc1ccc(O)cc1)N1CC2CCCC(N)C2C1. The third-order valence-electron chi connectivity index (χ3n) is 5.27. The van der Waals surface area contributed by atoms with Crippen molar-refractivity contribution in [1.29, 1.82) is 0 Å². The van der Waals surface area contributed by atoms with Gasteiger partial charge in [0, 0.05) is 25.2 Å². The molecule has 1 aliphatic heterocycles. The van der Waals surface area contributed by atoms with Crippen LogP contribution in [0.15, 0.2) is 24.3 Å². The molecule has 3 N–H and O–H groups in total. The van der Waals surface area contributed by atoms with Crippen LogP contribution < -0.4 is 5.73 Å². The lowest BCUT2D eigenvalue weighted by atomic mass is 9.78. The molecule has 2 aliphatic rings. The molecule has 3 nitrogen and oxygen atoms in total. The number of hydrogen-bond acceptors (Lipinski definition) is 3. The average molecular weight is 274 g/mol. The Morgan fingerprint density at radius 1 is 1.25 bits per heavy atom. The second-order valence-electron chi connectivity index (χ2n) is 6.69. The van der Waals surface area contributed by atoms with Gasteiger partial charge in [0.15, 0.2) is 0 Å². The largest absolute Gasteiger partial charge is 0.508 e. The molecule has 3 heteroatoms. The molecule has 1 saturated carbocycles. The number of hydrogen-bond donors (Lipinski definition) is 2. The molecule has 110 valence electrons. The van der Waals surface area contributed by atoms with Crippen LogP contribution in [0.2, 0.25) is 0 Å². The Morgan fingerprint density at radius 2 is 2.00 bits per heavy atom. The van der Waals surface area contributed by atoms with E-state index >= 15 is 0 Å². The molecular weight excluding hydrogens is 248 g/mol. The van der Waals surface area contributed by atoms with Crippen molar-refractivity contribution in [2.75, 3.05) is 13.1 Å². The number of fused-ring (bicyclic) bond motifs is 1. The summed E-state index contributed by atoms with van der Waals surface area (Å²) in [6.45, 7) is 4.71. The van der Waals surface area contributed by atoms with Crippen LogP contribution in [0.3, 0.4) is 0 Å². The molecular formula is C17H26N2O. The van der Waals surface area contributed by atoms with Gasteiger partial charge in [0.1, 0.15) is 5.75 Å². The predicted octanol–water partition coefficient (Wildman–Crippen LogP) is 2.38. The van der Waals surface area contributed by atoms with E-state index in [1.807, 2.05) is 12.1 Å². The first kappa shape index (κ1) is 13.9. The van der Waals surface area contributed by atoms with Gasteiger partial charge in [-0.3, -0.25) is 4.90 Å². The lowest BCUT2D eigenvalue weighted by Gasteiger charge is -2.30. The Morgan fingerprint density at radius 3 is 2.70 bits per heavy atom. The van der Waals surface area contributed by atoms with E-state index in [2.05, 4.69) is 11.8 Å². The third kappa shape index (κ3) is 2.84. The lowest BCUT2D eigenvalue weighted by molar-refractivity contribution is 0.241. The minimum atomic E-state index is 0.347. The summed E-state index contributed by atoms with van der Waals surface area (Å²) >= 11 is 0. The van der Waals surface area contributed by atoms with Crippen LogP contribution in [-0.4, -0.2) is 35.2 Å². The first-order valence-corrected chi connectivity index (χ1v) is 7.91. The van der Waals surface area contributed by atoms with Crippen molar-refractivity contribution in [3.05, 3.63) is 29.8 Å². The van der Waals surface area contributed by atoms with Crippen molar-refractivity contribution in [3.63, 3.8) is 0 Å². The first-order valence-electron chi connectivity index (χ1n) is 7.91. The molecule has 0 bridgehead atoms. The van der Waals surface area contributed by atoms with E-state index < -0.39 is 0 Å². The zero-order valence-corrected chi connectivity index (χ0v) is 12.3. The summed E-state index contributed by atoms with van der Waals surface area (Å²) in [5, 5.41) is 9.35. The van der Waals surface area contributed by atoms with Crippen LogP contribution in [0.4, 0.5) is 0 Å². The van der Waals surface area contributed by atoms with Gasteiger partial charge in [0.25, 0.3) is 0 Å². The quantitative estimate of drug-likeness (QED) is 0.890. The average Bonchev–Trinajstić information content (AvgIpc) is 2.87. The third-order valence-corrected chi connectivity index (χ3v) is 5.27.